The molecule has 0 fully saturated rings. The fourth-order valence-electron chi connectivity index (χ4n) is 1.51. The molecule has 1 aliphatic carbocycles. The number of benzene rings is 1. The highest BCUT2D eigenvalue weighted by molar-refractivity contribution is 5.83. The molecule has 15 heavy (non-hydrogen) atoms. The van der Waals surface area contributed by atoms with Gasteiger partial charge >= 0.3 is 0 Å². The van der Waals surface area contributed by atoms with Crippen LogP contribution in [0.15, 0.2) is 36.4 Å². The predicted octanol–water partition coefficient (Wildman–Crippen LogP) is 3.05. The van der Waals surface area contributed by atoms with Gasteiger partial charge in [0.1, 0.15) is 5.75 Å². The lowest BCUT2D eigenvalue weighted by Gasteiger charge is -2.04. The molecule has 0 atom stereocenters. The van der Waals surface area contributed by atoms with Crippen LogP contribution in [0.25, 0.3) is 5.57 Å². The largest absolute Gasteiger partial charge is 0.507 e. The summed E-state index contributed by atoms with van der Waals surface area (Å²) in [7, 11) is 0. The highest BCUT2D eigenvalue weighted by atomic mass is 16.3. The first kappa shape index (κ1) is 9.61. The Kier molecular flexibility index (Phi) is 2.60. The molecule has 0 saturated carbocycles. The minimum absolute atomic E-state index is 0.297. The van der Waals surface area contributed by atoms with Crippen molar-refractivity contribution in [1.29, 1.82) is 0 Å². The molecular weight excluding hydrogens is 184 g/mol. The quantitative estimate of drug-likeness (QED) is 0.684. The van der Waals surface area contributed by atoms with Gasteiger partial charge in [0.05, 0.1) is 0 Å². The monoisotopic (exact) mass is 196 g/mol. The number of rotatable bonds is 1. The maximum absolute atomic E-state index is 9.80. The van der Waals surface area contributed by atoms with Crippen LogP contribution in [-0.2, 0) is 0 Å². The summed E-state index contributed by atoms with van der Waals surface area (Å²) in [4.78, 5) is 0. The molecule has 0 unspecified atom stereocenters. The van der Waals surface area contributed by atoms with Crippen LogP contribution in [0.4, 0.5) is 0 Å². The Labute approximate surface area is 89.8 Å². The molecule has 1 N–H and O–H groups in total. The van der Waals surface area contributed by atoms with Crippen molar-refractivity contribution in [3.8, 4) is 17.6 Å². The summed E-state index contributed by atoms with van der Waals surface area (Å²) in [6, 6.07) is 5.64. The Morgan fingerprint density at radius 3 is 3.00 bits per heavy atom. The van der Waals surface area contributed by atoms with E-state index >= 15 is 0 Å². The van der Waals surface area contributed by atoms with Crippen LogP contribution in [0.2, 0.25) is 0 Å². The van der Waals surface area contributed by atoms with E-state index in [1.54, 1.807) is 6.07 Å². The van der Waals surface area contributed by atoms with Crippen molar-refractivity contribution < 1.29 is 5.11 Å². The molecule has 0 radical (unpaired) electrons. The fraction of sp³-hybridized carbons (Fsp3) is 0.143. The van der Waals surface area contributed by atoms with Gasteiger partial charge in [-0.1, -0.05) is 30.1 Å². The third-order valence-electron chi connectivity index (χ3n) is 2.29. The fourth-order valence-corrected chi connectivity index (χ4v) is 1.51. The number of phenolic OH excluding ortho intramolecular Hbond substituents is 1. The molecule has 0 amide bonds. The first-order valence-corrected chi connectivity index (χ1v) is 4.93. The van der Waals surface area contributed by atoms with Crippen molar-refractivity contribution in [1.82, 2.24) is 0 Å². The van der Waals surface area contributed by atoms with E-state index in [0.717, 1.165) is 23.1 Å². The Bertz CT molecular complexity index is 496. The molecule has 2 rings (SSSR count). The average Bonchev–Trinajstić information content (AvgIpc) is 2.46. The number of phenols is 1. The van der Waals surface area contributed by atoms with Gasteiger partial charge in [-0.05, 0) is 30.7 Å². The van der Waals surface area contributed by atoms with Gasteiger partial charge in [-0.25, -0.2) is 0 Å². The zero-order valence-electron chi connectivity index (χ0n) is 8.62. The van der Waals surface area contributed by atoms with Crippen molar-refractivity contribution in [2.45, 2.75) is 13.3 Å². The molecule has 0 saturated heterocycles. The minimum Gasteiger partial charge on any atom is -0.507 e. The number of allylic oxidation sites excluding steroid dienone is 4. The Morgan fingerprint density at radius 1 is 1.33 bits per heavy atom. The van der Waals surface area contributed by atoms with Gasteiger partial charge in [0.25, 0.3) is 0 Å². The second-order valence-electron chi connectivity index (χ2n) is 3.53. The van der Waals surface area contributed by atoms with Crippen LogP contribution in [0.1, 0.15) is 17.5 Å². The van der Waals surface area contributed by atoms with Gasteiger partial charge in [0.15, 0.2) is 0 Å². The minimum atomic E-state index is 0.297. The molecule has 0 aromatic heterocycles. The lowest BCUT2D eigenvalue weighted by atomic mass is 10.0. The lowest BCUT2D eigenvalue weighted by Crippen LogP contribution is -1.83. The lowest BCUT2D eigenvalue weighted by molar-refractivity contribution is 0.473. The number of aryl methyl sites for hydroxylation is 1. The van der Waals surface area contributed by atoms with E-state index in [4.69, 9.17) is 0 Å². The first-order valence-electron chi connectivity index (χ1n) is 4.93. The van der Waals surface area contributed by atoms with Gasteiger partial charge in [-0.15, -0.1) is 0 Å². The maximum atomic E-state index is 9.80. The predicted molar refractivity (Wildman–Crippen MR) is 62.4 cm³/mol. The van der Waals surface area contributed by atoms with Gasteiger partial charge in [0.2, 0.25) is 0 Å². The van der Waals surface area contributed by atoms with E-state index in [1.165, 1.54) is 0 Å². The van der Waals surface area contributed by atoms with E-state index in [1.807, 2.05) is 37.3 Å². The zero-order valence-corrected chi connectivity index (χ0v) is 8.62. The second kappa shape index (κ2) is 4.06. The maximum Gasteiger partial charge on any atom is 0.124 e. The van der Waals surface area contributed by atoms with Gasteiger partial charge in [-0.2, -0.15) is 0 Å². The van der Waals surface area contributed by atoms with Crippen molar-refractivity contribution in [2.75, 3.05) is 0 Å². The van der Waals surface area contributed by atoms with E-state index in [9.17, 15) is 5.11 Å². The molecule has 1 nitrogen and oxygen atoms in total. The normalized spacial score (nSPS) is 13.8. The molecule has 0 heterocycles. The summed E-state index contributed by atoms with van der Waals surface area (Å²) in [5.74, 6) is 6.37. The molecule has 1 aromatic carbocycles. The molecule has 1 heteroatoms. The van der Waals surface area contributed by atoms with Gasteiger partial charge in [-0.3, -0.25) is 0 Å². The summed E-state index contributed by atoms with van der Waals surface area (Å²) in [5, 5.41) is 9.80. The van der Waals surface area contributed by atoms with Crippen LogP contribution < -0.4 is 0 Å². The van der Waals surface area contributed by atoms with Crippen LogP contribution in [-0.4, -0.2) is 5.11 Å². The van der Waals surface area contributed by atoms with Crippen LogP contribution >= 0.6 is 0 Å². The molecule has 0 spiro atoms. The smallest absolute Gasteiger partial charge is 0.124 e. The van der Waals surface area contributed by atoms with Crippen molar-refractivity contribution in [2.24, 2.45) is 0 Å². The second-order valence-corrected chi connectivity index (χ2v) is 3.53. The van der Waals surface area contributed by atoms with Gasteiger partial charge < -0.3 is 5.11 Å². The highest BCUT2D eigenvalue weighted by Gasteiger charge is 2.04. The third kappa shape index (κ3) is 2.11. The summed E-state index contributed by atoms with van der Waals surface area (Å²) in [6.45, 7) is 1.95. The third-order valence-corrected chi connectivity index (χ3v) is 2.29. The Morgan fingerprint density at radius 2 is 2.20 bits per heavy atom. The van der Waals surface area contributed by atoms with Crippen molar-refractivity contribution >= 4 is 5.57 Å². The molecular formula is C14H12O. The summed E-state index contributed by atoms with van der Waals surface area (Å²) in [6.07, 6.45) is 6.67. The van der Waals surface area contributed by atoms with Gasteiger partial charge in [0, 0.05) is 17.6 Å². The molecule has 0 bridgehead atoms. The van der Waals surface area contributed by atoms with Crippen molar-refractivity contribution in [3.63, 3.8) is 0 Å². The van der Waals surface area contributed by atoms with E-state index < -0.39 is 0 Å². The standard InChI is InChI=1S/C14H12O/c1-11-8-9-13(14(15)10-11)12-6-4-2-3-5-7-12/h2,4,6,8-10,15H,3H2,1H3. The summed E-state index contributed by atoms with van der Waals surface area (Å²) >= 11 is 0. The number of hydrogen-bond acceptors (Lipinski definition) is 1. The SMILES string of the molecule is Cc1ccc(C2=CC=CCC#C2)c(O)c1. The van der Waals surface area contributed by atoms with E-state index in [2.05, 4.69) is 11.8 Å². The highest BCUT2D eigenvalue weighted by Crippen LogP contribution is 2.26. The Balaban J connectivity index is 2.48. The molecule has 1 aliphatic rings. The summed E-state index contributed by atoms with van der Waals surface area (Å²) in [5.41, 5.74) is 2.73. The average molecular weight is 196 g/mol. The molecule has 1 aromatic rings. The van der Waals surface area contributed by atoms with Crippen LogP contribution in [0.3, 0.4) is 0 Å². The number of aromatic hydroxyl groups is 1. The van der Waals surface area contributed by atoms with E-state index in [-0.39, 0.29) is 0 Å². The topological polar surface area (TPSA) is 20.2 Å². The Hall–Kier alpha value is -1.94. The first-order chi connectivity index (χ1) is 7.27. The summed E-state index contributed by atoms with van der Waals surface area (Å²) < 4.78 is 0. The van der Waals surface area contributed by atoms with Crippen molar-refractivity contribution in [3.05, 3.63) is 47.6 Å². The zero-order chi connectivity index (χ0) is 10.7. The van der Waals surface area contributed by atoms with Crippen LogP contribution in [0, 0.1) is 18.8 Å². The number of hydrogen-bond donors (Lipinski definition) is 1. The van der Waals surface area contributed by atoms with E-state index in [0.29, 0.717) is 5.75 Å². The van der Waals surface area contributed by atoms with Crippen LogP contribution in [0.5, 0.6) is 5.75 Å². The molecule has 74 valence electrons. The molecule has 0 aliphatic heterocycles.